The summed E-state index contributed by atoms with van der Waals surface area (Å²) in [6.07, 6.45) is 0. The maximum absolute atomic E-state index is 11.0. The lowest BCUT2D eigenvalue weighted by Gasteiger charge is -2.28. The van der Waals surface area contributed by atoms with Crippen molar-refractivity contribution in [2.24, 2.45) is 0 Å². The molecule has 4 rings (SSSR count). The molecule has 0 saturated heterocycles. The van der Waals surface area contributed by atoms with Crippen molar-refractivity contribution in [1.82, 2.24) is 0 Å². The molecule has 2 nitrogen and oxygen atoms in total. The minimum atomic E-state index is -1.02. The first-order valence-electron chi connectivity index (χ1n) is 10.3. The zero-order chi connectivity index (χ0) is 21.5. The summed E-state index contributed by atoms with van der Waals surface area (Å²) < 4.78 is 0. The van der Waals surface area contributed by atoms with Gasteiger partial charge in [-0.15, -0.1) is 0 Å². The zero-order valence-corrected chi connectivity index (χ0v) is 18.0. The SMILES string of the molecule is CC(C)(O)c1ccc2ccc(C(C)(C)O)c(-c3ccccc3)c2c1-c1ccccc1. The number of aliphatic hydroxyl groups is 2. The lowest BCUT2D eigenvalue weighted by Crippen LogP contribution is -2.19. The monoisotopic (exact) mass is 396 g/mol. The van der Waals surface area contributed by atoms with E-state index in [0.717, 1.165) is 44.2 Å². The molecular formula is C28H28O2. The van der Waals surface area contributed by atoms with Crippen LogP contribution in [0.3, 0.4) is 0 Å². The highest BCUT2D eigenvalue weighted by Gasteiger charge is 2.28. The van der Waals surface area contributed by atoms with Crippen molar-refractivity contribution in [2.75, 3.05) is 0 Å². The van der Waals surface area contributed by atoms with Gasteiger partial charge in [0.2, 0.25) is 0 Å². The molecule has 152 valence electrons. The molecule has 0 radical (unpaired) electrons. The Kier molecular flexibility index (Phi) is 5.01. The van der Waals surface area contributed by atoms with Crippen LogP contribution >= 0.6 is 0 Å². The number of benzene rings is 4. The normalized spacial score (nSPS) is 12.3. The molecule has 0 aromatic heterocycles. The lowest BCUT2D eigenvalue weighted by molar-refractivity contribution is 0.0791. The van der Waals surface area contributed by atoms with E-state index < -0.39 is 11.2 Å². The molecule has 0 unspecified atom stereocenters. The molecule has 0 fully saturated rings. The van der Waals surface area contributed by atoms with Crippen LogP contribution in [-0.4, -0.2) is 10.2 Å². The number of hydrogen-bond donors (Lipinski definition) is 2. The van der Waals surface area contributed by atoms with Gasteiger partial charge in [0.1, 0.15) is 0 Å². The quantitative estimate of drug-likeness (QED) is 0.406. The molecule has 0 amide bonds. The minimum Gasteiger partial charge on any atom is -0.386 e. The molecule has 0 spiro atoms. The van der Waals surface area contributed by atoms with Crippen LogP contribution < -0.4 is 0 Å². The summed E-state index contributed by atoms with van der Waals surface area (Å²) in [5.74, 6) is 0. The van der Waals surface area contributed by atoms with Crippen LogP contribution in [0.1, 0.15) is 38.8 Å². The first-order chi connectivity index (χ1) is 14.2. The molecule has 30 heavy (non-hydrogen) atoms. The first-order valence-corrected chi connectivity index (χ1v) is 10.3. The van der Waals surface area contributed by atoms with Gasteiger partial charge >= 0.3 is 0 Å². The van der Waals surface area contributed by atoms with E-state index in [1.54, 1.807) is 0 Å². The Morgan fingerprint density at radius 1 is 0.500 bits per heavy atom. The second-order valence-electron chi connectivity index (χ2n) is 8.92. The lowest BCUT2D eigenvalue weighted by atomic mass is 9.80. The topological polar surface area (TPSA) is 40.5 Å². The first kappa shape index (κ1) is 20.3. The molecule has 4 aromatic carbocycles. The van der Waals surface area contributed by atoms with E-state index in [0.29, 0.717) is 0 Å². The highest BCUT2D eigenvalue weighted by atomic mass is 16.3. The summed E-state index contributed by atoms with van der Waals surface area (Å²) in [5, 5.41) is 24.2. The molecule has 0 bridgehead atoms. The van der Waals surface area contributed by atoms with Crippen LogP contribution in [0.2, 0.25) is 0 Å². The summed E-state index contributed by atoms with van der Waals surface area (Å²) in [6, 6.07) is 28.6. The van der Waals surface area contributed by atoms with Gasteiger partial charge in [0.15, 0.2) is 0 Å². The predicted molar refractivity (Wildman–Crippen MR) is 125 cm³/mol. The van der Waals surface area contributed by atoms with Crippen LogP contribution in [0, 0.1) is 0 Å². The fraction of sp³-hybridized carbons (Fsp3) is 0.214. The van der Waals surface area contributed by atoms with E-state index in [1.165, 1.54) is 0 Å². The summed E-state index contributed by atoms with van der Waals surface area (Å²) in [7, 11) is 0. The van der Waals surface area contributed by atoms with Gasteiger partial charge in [0.05, 0.1) is 11.2 Å². The van der Waals surface area contributed by atoms with Gasteiger partial charge in [-0.1, -0.05) is 84.9 Å². The van der Waals surface area contributed by atoms with Gasteiger partial charge < -0.3 is 10.2 Å². The fourth-order valence-corrected chi connectivity index (χ4v) is 4.25. The molecular weight excluding hydrogens is 368 g/mol. The molecule has 0 aliphatic carbocycles. The molecule has 2 N–H and O–H groups in total. The van der Waals surface area contributed by atoms with Crippen molar-refractivity contribution in [3.05, 3.63) is 96.1 Å². The van der Waals surface area contributed by atoms with Gasteiger partial charge in [0, 0.05) is 0 Å². The third kappa shape index (κ3) is 3.65. The third-order valence-corrected chi connectivity index (χ3v) is 5.63. The summed E-state index contributed by atoms with van der Waals surface area (Å²) in [5.41, 5.74) is 3.81. The molecule has 0 aliphatic rings. The van der Waals surface area contributed by atoms with E-state index in [1.807, 2.05) is 76.2 Å². The Morgan fingerprint density at radius 2 is 0.867 bits per heavy atom. The largest absolute Gasteiger partial charge is 0.386 e. The zero-order valence-electron chi connectivity index (χ0n) is 18.0. The Labute approximate surface area is 178 Å². The van der Waals surface area contributed by atoms with Crippen molar-refractivity contribution < 1.29 is 10.2 Å². The van der Waals surface area contributed by atoms with Crippen molar-refractivity contribution in [3.8, 4) is 22.3 Å². The van der Waals surface area contributed by atoms with Crippen LogP contribution in [0.5, 0.6) is 0 Å². The van der Waals surface area contributed by atoms with Gasteiger partial charge in [-0.2, -0.15) is 0 Å². The van der Waals surface area contributed by atoms with Crippen molar-refractivity contribution >= 4 is 10.8 Å². The van der Waals surface area contributed by atoms with Crippen molar-refractivity contribution in [1.29, 1.82) is 0 Å². The second-order valence-corrected chi connectivity index (χ2v) is 8.92. The van der Waals surface area contributed by atoms with E-state index in [9.17, 15) is 10.2 Å². The Balaban J connectivity index is 2.26. The maximum Gasteiger partial charge on any atom is 0.0846 e. The van der Waals surface area contributed by atoms with Crippen LogP contribution in [0.25, 0.3) is 33.0 Å². The second kappa shape index (κ2) is 7.39. The highest BCUT2D eigenvalue weighted by molar-refractivity contribution is 6.09. The number of hydrogen-bond acceptors (Lipinski definition) is 2. The summed E-state index contributed by atoms with van der Waals surface area (Å²) in [6.45, 7) is 7.29. The third-order valence-electron chi connectivity index (χ3n) is 5.63. The molecule has 0 atom stereocenters. The summed E-state index contributed by atoms with van der Waals surface area (Å²) in [4.78, 5) is 0. The van der Waals surface area contributed by atoms with Crippen molar-refractivity contribution in [3.63, 3.8) is 0 Å². The highest BCUT2D eigenvalue weighted by Crippen LogP contribution is 2.45. The average molecular weight is 397 g/mol. The van der Waals surface area contributed by atoms with Crippen LogP contribution in [-0.2, 0) is 11.2 Å². The molecule has 0 saturated carbocycles. The van der Waals surface area contributed by atoms with E-state index in [4.69, 9.17) is 0 Å². The fourth-order valence-electron chi connectivity index (χ4n) is 4.25. The minimum absolute atomic E-state index is 0.867. The van der Waals surface area contributed by atoms with E-state index in [2.05, 4.69) is 36.4 Å². The van der Waals surface area contributed by atoms with Gasteiger partial charge in [-0.05, 0) is 71.8 Å². The smallest absolute Gasteiger partial charge is 0.0846 e. The van der Waals surface area contributed by atoms with Crippen molar-refractivity contribution in [2.45, 2.75) is 38.9 Å². The Morgan fingerprint density at radius 3 is 1.20 bits per heavy atom. The number of fused-ring (bicyclic) bond motifs is 1. The standard InChI is InChI=1S/C28H28O2/c1-27(2,29)22-17-15-21-16-18-23(28(3,4)30)25(20-13-9-6-10-14-20)26(21)24(22)19-11-7-5-8-12-19/h5-18,29-30H,1-4H3. The Hall–Kier alpha value is -2.94. The predicted octanol–water partition coefficient (Wildman–Crippen LogP) is 6.63. The molecule has 4 aromatic rings. The van der Waals surface area contributed by atoms with Gasteiger partial charge in [0.25, 0.3) is 0 Å². The van der Waals surface area contributed by atoms with E-state index >= 15 is 0 Å². The Bertz CT molecular complexity index is 1090. The maximum atomic E-state index is 11.0. The number of rotatable bonds is 4. The molecule has 0 heterocycles. The molecule has 0 aliphatic heterocycles. The van der Waals surface area contributed by atoms with Crippen LogP contribution in [0.4, 0.5) is 0 Å². The molecule has 2 heteroatoms. The van der Waals surface area contributed by atoms with Gasteiger partial charge in [-0.3, -0.25) is 0 Å². The average Bonchev–Trinajstić information content (AvgIpc) is 2.72. The van der Waals surface area contributed by atoms with Crippen LogP contribution in [0.15, 0.2) is 84.9 Å². The summed E-state index contributed by atoms with van der Waals surface area (Å²) >= 11 is 0. The van der Waals surface area contributed by atoms with Gasteiger partial charge in [-0.25, -0.2) is 0 Å². The van der Waals surface area contributed by atoms with E-state index in [-0.39, 0.29) is 0 Å².